The van der Waals surface area contributed by atoms with E-state index in [0.29, 0.717) is 101 Å². The maximum atomic E-state index is 14.4. The maximum absolute atomic E-state index is 14.4. The van der Waals surface area contributed by atoms with Gasteiger partial charge in [0.05, 0.1) is 99.2 Å². The van der Waals surface area contributed by atoms with Crippen molar-refractivity contribution in [3.05, 3.63) is 53.1 Å². The van der Waals surface area contributed by atoms with Crippen molar-refractivity contribution >= 4 is 50.2 Å². The zero-order valence-corrected chi connectivity index (χ0v) is 32.6. The number of hydrogen-bond donors (Lipinski definition) is 0. The summed E-state index contributed by atoms with van der Waals surface area (Å²) in [5, 5.41) is 0.520. The fourth-order valence-corrected chi connectivity index (χ4v) is 8.03. The van der Waals surface area contributed by atoms with Crippen molar-refractivity contribution in [1.82, 2.24) is 19.4 Å². The minimum Gasteiger partial charge on any atom is -0.449 e. The van der Waals surface area contributed by atoms with Crippen molar-refractivity contribution in [2.75, 3.05) is 89.0 Å². The number of fused-ring (bicyclic) bond motifs is 3. The Bertz CT molecular complexity index is 1870. The molecule has 3 aromatic rings. The van der Waals surface area contributed by atoms with Crippen LogP contribution in [-0.4, -0.2) is 124 Å². The number of carbonyl (C=O) groups excluding carboxylic acids is 2. The highest BCUT2D eigenvalue weighted by Crippen LogP contribution is 2.48. The third-order valence-electron chi connectivity index (χ3n) is 9.44. The highest BCUT2D eigenvalue weighted by Gasteiger charge is 2.53. The molecule has 2 amide bonds. The fraction of sp³-hybridized carbons (Fsp3) is 0.579. The molecule has 294 valence electrons. The third kappa shape index (κ3) is 10.7. The van der Waals surface area contributed by atoms with Crippen LogP contribution in [0.15, 0.2) is 36.7 Å². The first-order valence-corrected chi connectivity index (χ1v) is 20.5. The molecule has 1 spiro atoms. The normalized spacial score (nSPS) is 15.4. The monoisotopic (exact) mass is 787 g/mol. The summed E-state index contributed by atoms with van der Waals surface area (Å²) in [4.78, 5) is 39.7. The second-order valence-corrected chi connectivity index (χ2v) is 16.5. The number of nitrogens with zero attached hydrogens (tertiary/aromatic N) is 5. The van der Waals surface area contributed by atoms with Gasteiger partial charge in [0, 0.05) is 30.9 Å². The Morgan fingerprint density at radius 1 is 1.00 bits per heavy atom. The second kappa shape index (κ2) is 19.7. The van der Waals surface area contributed by atoms with Crippen LogP contribution < -0.4 is 4.90 Å². The van der Waals surface area contributed by atoms with Gasteiger partial charge in [-0.1, -0.05) is 31.4 Å². The molecule has 2 aliphatic heterocycles. The summed E-state index contributed by atoms with van der Waals surface area (Å²) >= 11 is 6.33. The molecular formula is C38H50ClN5O9S. The first-order chi connectivity index (χ1) is 26.0. The van der Waals surface area contributed by atoms with E-state index in [-0.39, 0.29) is 55.8 Å². The van der Waals surface area contributed by atoms with Gasteiger partial charge in [-0.3, -0.25) is 9.78 Å². The van der Waals surface area contributed by atoms with Gasteiger partial charge in [-0.05, 0) is 55.0 Å². The zero-order valence-electron chi connectivity index (χ0n) is 31.0. The molecule has 14 nitrogen and oxygen atoms in total. The van der Waals surface area contributed by atoms with Crippen LogP contribution in [-0.2, 0) is 56.8 Å². The van der Waals surface area contributed by atoms with Gasteiger partial charge in [0.2, 0.25) is 5.91 Å². The minimum atomic E-state index is -3.41. The summed E-state index contributed by atoms with van der Waals surface area (Å²) in [5.74, 6) is 2.99. The largest absolute Gasteiger partial charge is 0.449 e. The third-order valence-corrected chi connectivity index (χ3v) is 11.4. The predicted molar refractivity (Wildman–Crippen MR) is 204 cm³/mol. The Morgan fingerprint density at radius 3 is 2.37 bits per heavy atom. The Hall–Kier alpha value is -3.78. The number of hydrogen-bond acceptors (Lipinski definition) is 11. The minimum absolute atomic E-state index is 0.0451. The van der Waals surface area contributed by atoms with Crippen LogP contribution in [0, 0.1) is 18.3 Å². The molecule has 0 aliphatic carbocycles. The number of halogens is 1. The number of sulfone groups is 1. The van der Waals surface area contributed by atoms with Gasteiger partial charge < -0.3 is 38.1 Å². The van der Waals surface area contributed by atoms with Crippen LogP contribution in [0.5, 0.6) is 0 Å². The number of terminal acetylenes is 1. The number of amides is 2. The SMILES string of the molecule is C#CCOCCOCCOCCOCCS(=O)(=O)CCCn1c(CN2C(=O)C3(CCN(C(=O)OCC(C)C)CC3)c3ccncc32)nc2cc(Cl)ccc21. The molecule has 1 fully saturated rings. The number of aromatic nitrogens is 3. The number of ether oxygens (including phenoxy) is 5. The number of pyridine rings is 1. The summed E-state index contributed by atoms with van der Waals surface area (Å²) in [6, 6.07) is 7.28. The number of aryl methyl sites for hydroxylation is 1. The molecule has 54 heavy (non-hydrogen) atoms. The molecule has 0 bridgehead atoms. The summed E-state index contributed by atoms with van der Waals surface area (Å²) in [6.45, 7) is 8.17. The topological polar surface area (TPSA) is 152 Å². The molecule has 0 radical (unpaired) electrons. The smallest absolute Gasteiger partial charge is 0.409 e. The van der Waals surface area contributed by atoms with E-state index >= 15 is 0 Å². The van der Waals surface area contributed by atoms with E-state index in [1.54, 1.807) is 34.3 Å². The van der Waals surface area contributed by atoms with Gasteiger partial charge in [0.15, 0.2) is 9.84 Å². The molecule has 4 heterocycles. The molecular weight excluding hydrogens is 738 g/mol. The molecule has 2 aliphatic rings. The lowest BCUT2D eigenvalue weighted by Gasteiger charge is -2.38. The average Bonchev–Trinajstić information content (AvgIpc) is 3.60. The van der Waals surface area contributed by atoms with Gasteiger partial charge in [0.1, 0.15) is 12.4 Å². The zero-order chi connectivity index (χ0) is 38.6. The van der Waals surface area contributed by atoms with Gasteiger partial charge in [0.25, 0.3) is 0 Å². The number of anilines is 1. The molecule has 1 aromatic carbocycles. The van der Waals surface area contributed by atoms with E-state index in [4.69, 9.17) is 46.7 Å². The first kappa shape index (κ1) is 41.4. The van der Waals surface area contributed by atoms with E-state index in [1.807, 2.05) is 30.5 Å². The lowest BCUT2D eigenvalue weighted by atomic mass is 9.74. The average molecular weight is 788 g/mol. The van der Waals surface area contributed by atoms with Crippen LogP contribution in [0.25, 0.3) is 11.0 Å². The lowest BCUT2D eigenvalue weighted by Crippen LogP contribution is -2.50. The highest BCUT2D eigenvalue weighted by atomic mass is 35.5. The van der Waals surface area contributed by atoms with Crippen LogP contribution in [0.2, 0.25) is 5.02 Å². The second-order valence-electron chi connectivity index (χ2n) is 13.7. The van der Waals surface area contributed by atoms with Crippen molar-refractivity contribution < 1.29 is 41.7 Å². The van der Waals surface area contributed by atoms with Crippen molar-refractivity contribution in [2.45, 2.75) is 51.6 Å². The lowest BCUT2D eigenvalue weighted by molar-refractivity contribution is -0.125. The summed E-state index contributed by atoms with van der Waals surface area (Å²) in [5.41, 5.74) is 2.23. The van der Waals surface area contributed by atoms with Crippen LogP contribution in [0.4, 0.5) is 10.5 Å². The van der Waals surface area contributed by atoms with Crippen molar-refractivity contribution in [2.24, 2.45) is 5.92 Å². The number of carbonyl (C=O) groups is 2. The molecule has 0 atom stereocenters. The van der Waals surface area contributed by atoms with E-state index in [2.05, 4.69) is 10.9 Å². The molecule has 0 N–H and O–H groups in total. The van der Waals surface area contributed by atoms with Gasteiger partial charge in [-0.2, -0.15) is 0 Å². The summed E-state index contributed by atoms with van der Waals surface area (Å²) in [6.07, 6.45) is 9.39. The molecule has 16 heteroatoms. The standard InChI is InChI=1S/C38H50ClN5O9S/c1-4-15-49-16-17-50-18-19-51-20-21-52-22-24-54(47,48)23-5-12-43-33-7-6-30(39)25-32(33)41-35(43)27-44-34-26-40-11-8-31(34)38(36(44)45)9-13-42(14-10-38)37(46)53-28-29(2)3/h1,6-8,11,25-26,29H,5,9-10,12-24,27-28H2,2-3H3. The molecule has 0 saturated carbocycles. The fourth-order valence-electron chi connectivity index (χ4n) is 6.72. The van der Waals surface area contributed by atoms with Crippen LogP contribution >= 0.6 is 11.6 Å². The van der Waals surface area contributed by atoms with Crippen LogP contribution in [0.1, 0.15) is 44.5 Å². The van der Waals surface area contributed by atoms with E-state index < -0.39 is 15.3 Å². The predicted octanol–water partition coefficient (Wildman–Crippen LogP) is 4.26. The Kier molecular flexibility index (Phi) is 15.1. The molecule has 5 rings (SSSR count). The van der Waals surface area contributed by atoms with E-state index in [9.17, 15) is 18.0 Å². The van der Waals surface area contributed by atoms with Gasteiger partial charge in [-0.15, -0.1) is 6.42 Å². The first-order valence-electron chi connectivity index (χ1n) is 18.3. The molecule has 2 aromatic heterocycles. The Balaban J connectivity index is 1.16. The molecule has 1 saturated heterocycles. The van der Waals surface area contributed by atoms with Gasteiger partial charge in [-0.25, -0.2) is 18.2 Å². The quantitative estimate of drug-likeness (QED) is 0.113. The van der Waals surface area contributed by atoms with Crippen LogP contribution in [0.3, 0.4) is 0 Å². The number of benzene rings is 1. The number of rotatable bonds is 21. The maximum Gasteiger partial charge on any atom is 0.409 e. The number of likely N-dealkylation sites (tertiary alicyclic amines) is 1. The van der Waals surface area contributed by atoms with E-state index in [1.165, 1.54) is 0 Å². The van der Waals surface area contributed by atoms with Crippen molar-refractivity contribution in [1.29, 1.82) is 0 Å². The molecule has 0 unspecified atom stereocenters. The number of imidazole rings is 1. The Morgan fingerprint density at radius 2 is 1.69 bits per heavy atom. The van der Waals surface area contributed by atoms with Crippen molar-refractivity contribution in [3.8, 4) is 12.3 Å². The summed E-state index contributed by atoms with van der Waals surface area (Å²) in [7, 11) is -3.41. The Labute approximate surface area is 322 Å². The number of piperidine rings is 1. The highest BCUT2D eigenvalue weighted by molar-refractivity contribution is 7.91. The van der Waals surface area contributed by atoms with Gasteiger partial charge >= 0.3 is 6.09 Å². The van der Waals surface area contributed by atoms with Crippen molar-refractivity contribution in [3.63, 3.8) is 0 Å². The summed E-state index contributed by atoms with van der Waals surface area (Å²) < 4.78 is 54.7. The van der Waals surface area contributed by atoms with E-state index in [0.717, 1.165) is 11.1 Å².